The number of aliphatic hydroxyl groups is 1. The molecule has 0 aliphatic heterocycles. The van der Waals surface area contributed by atoms with Crippen molar-refractivity contribution in [2.24, 2.45) is 7.05 Å². The summed E-state index contributed by atoms with van der Waals surface area (Å²) in [6.45, 7) is 4.00. The number of hydrogen-bond donors (Lipinski definition) is 2. The molecule has 98 valence electrons. The molecule has 17 heavy (non-hydrogen) atoms. The van der Waals surface area contributed by atoms with Crippen molar-refractivity contribution in [3.8, 4) is 0 Å². The molecule has 0 fully saturated rings. The first-order valence-electron chi connectivity index (χ1n) is 6.09. The van der Waals surface area contributed by atoms with Gasteiger partial charge in [0.1, 0.15) is 0 Å². The highest BCUT2D eigenvalue weighted by atomic mass is 16.3. The molecule has 0 aliphatic rings. The van der Waals surface area contributed by atoms with Crippen LogP contribution < -0.4 is 5.32 Å². The van der Waals surface area contributed by atoms with Crippen LogP contribution in [-0.4, -0.2) is 53.6 Å². The summed E-state index contributed by atoms with van der Waals surface area (Å²) < 4.78 is 1.81. The van der Waals surface area contributed by atoms with Gasteiger partial charge in [0, 0.05) is 31.9 Å². The third kappa shape index (κ3) is 4.11. The van der Waals surface area contributed by atoms with Crippen LogP contribution in [0.1, 0.15) is 24.2 Å². The average Bonchev–Trinajstić information content (AvgIpc) is 2.65. The zero-order chi connectivity index (χ0) is 12.8. The lowest BCUT2D eigenvalue weighted by atomic mass is 10.1. The van der Waals surface area contributed by atoms with Crippen molar-refractivity contribution in [2.75, 3.05) is 33.8 Å². The predicted octanol–water partition coefficient (Wildman–Crippen LogP) is 0.167. The van der Waals surface area contributed by atoms with Gasteiger partial charge in [-0.05, 0) is 20.5 Å². The number of aryl methyl sites for hydroxylation is 2. The van der Waals surface area contributed by atoms with Gasteiger partial charge in [-0.1, -0.05) is 6.92 Å². The summed E-state index contributed by atoms with van der Waals surface area (Å²) in [5, 5.41) is 17.2. The van der Waals surface area contributed by atoms with Crippen LogP contribution in [0.5, 0.6) is 0 Å². The predicted molar refractivity (Wildman–Crippen MR) is 69.0 cm³/mol. The summed E-state index contributed by atoms with van der Waals surface area (Å²) in [6.07, 6.45) is 2.88. The Morgan fingerprint density at radius 3 is 2.76 bits per heavy atom. The van der Waals surface area contributed by atoms with Crippen molar-refractivity contribution < 1.29 is 5.11 Å². The van der Waals surface area contributed by atoms with Crippen LogP contribution in [-0.2, 0) is 13.5 Å². The van der Waals surface area contributed by atoms with Gasteiger partial charge >= 0.3 is 0 Å². The fraction of sp³-hybridized carbons (Fsp3) is 0.750. The van der Waals surface area contributed by atoms with E-state index in [1.165, 1.54) is 0 Å². The Hall–Kier alpha value is -0.910. The van der Waals surface area contributed by atoms with E-state index in [1.54, 1.807) is 0 Å². The van der Waals surface area contributed by atoms with Crippen molar-refractivity contribution in [3.63, 3.8) is 0 Å². The largest absolute Gasteiger partial charge is 0.394 e. The summed E-state index contributed by atoms with van der Waals surface area (Å²) >= 11 is 0. The molecule has 1 aromatic rings. The Morgan fingerprint density at radius 2 is 2.24 bits per heavy atom. The number of aromatic nitrogens is 2. The number of nitrogens with zero attached hydrogens (tertiary/aromatic N) is 3. The summed E-state index contributed by atoms with van der Waals surface area (Å²) in [7, 11) is 5.99. The van der Waals surface area contributed by atoms with Gasteiger partial charge in [0.15, 0.2) is 0 Å². The highest BCUT2D eigenvalue weighted by Gasteiger charge is 2.16. The maximum Gasteiger partial charge on any atom is 0.0670 e. The molecule has 1 aromatic heterocycles. The van der Waals surface area contributed by atoms with E-state index in [4.69, 9.17) is 0 Å². The van der Waals surface area contributed by atoms with Gasteiger partial charge in [-0.3, -0.25) is 4.68 Å². The standard InChI is InChI=1S/C12H24N4O/c1-5-11-10(8-16(4)14-11)12(9-17)13-6-7-15(2)3/h8,12-13,17H,5-7,9H2,1-4H3. The zero-order valence-corrected chi connectivity index (χ0v) is 11.3. The van der Waals surface area contributed by atoms with E-state index in [0.29, 0.717) is 0 Å². The normalized spacial score (nSPS) is 13.3. The second-order valence-corrected chi connectivity index (χ2v) is 4.55. The molecule has 5 nitrogen and oxygen atoms in total. The second kappa shape index (κ2) is 6.74. The quantitative estimate of drug-likeness (QED) is 0.713. The maximum absolute atomic E-state index is 9.46. The van der Waals surface area contributed by atoms with Crippen LogP contribution in [0, 0.1) is 0 Å². The summed E-state index contributed by atoms with van der Waals surface area (Å²) in [5.74, 6) is 0. The van der Waals surface area contributed by atoms with Crippen molar-refractivity contribution in [2.45, 2.75) is 19.4 Å². The molecule has 2 N–H and O–H groups in total. The van der Waals surface area contributed by atoms with Crippen LogP contribution in [0.25, 0.3) is 0 Å². The molecular weight excluding hydrogens is 216 g/mol. The molecule has 0 amide bonds. The number of aliphatic hydroxyl groups excluding tert-OH is 1. The van der Waals surface area contributed by atoms with Crippen LogP contribution in [0.3, 0.4) is 0 Å². The molecule has 5 heteroatoms. The van der Waals surface area contributed by atoms with Gasteiger partial charge in [-0.15, -0.1) is 0 Å². The summed E-state index contributed by atoms with van der Waals surface area (Å²) in [6, 6.07) is -0.0152. The molecule has 0 bridgehead atoms. The van der Waals surface area contributed by atoms with Gasteiger partial charge in [-0.2, -0.15) is 5.10 Å². The first-order valence-corrected chi connectivity index (χ1v) is 6.09. The first kappa shape index (κ1) is 14.2. The molecule has 1 unspecified atom stereocenters. The summed E-state index contributed by atoms with van der Waals surface area (Å²) in [4.78, 5) is 2.12. The van der Waals surface area contributed by atoms with Crippen LogP contribution in [0.15, 0.2) is 6.20 Å². The molecule has 1 heterocycles. The van der Waals surface area contributed by atoms with Crippen molar-refractivity contribution in [1.82, 2.24) is 20.0 Å². The fourth-order valence-electron chi connectivity index (χ4n) is 1.85. The zero-order valence-electron chi connectivity index (χ0n) is 11.3. The second-order valence-electron chi connectivity index (χ2n) is 4.55. The lowest BCUT2D eigenvalue weighted by Crippen LogP contribution is -2.31. The van der Waals surface area contributed by atoms with Crippen LogP contribution >= 0.6 is 0 Å². The minimum absolute atomic E-state index is 0.0152. The highest BCUT2D eigenvalue weighted by molar-refractivity contribution is 5.21. The van der Waals surface area contributed by atoms with Crippen molar-refractivity contribution in [3.05, 3.63) is 17.5 Å². The van der Waals surface area contributed by atoms with E-state index in [0.717, 1.165) is 30.8 Å². The smallest absolute Gasteiger partial charge is 0.0670 e. The van der Waals surface area contributed by atoms with Crippen LogP contribution in [0.4, 0.5) is 0 Å². The minimum atomic E-state index is -0.0152. The monoisotopic (exact) mass is 240 g/mol. The Kier molecular flexibility index (Phi) is 5.61. The van der Waals surface area contributed by atoms with Gasteiger partial charge in [-0.25, -0.2) is 0 Å². The average molecular weight is 240 g/mol. The molecule has 0 aliphatic carbocycles. The van der Waals surface area contributed by atoms with E-state index in [9.17, 15) is 5.11 Å². The molecule has 0 saturated heterocycles. The molecule has 0 saturated carbocycles. The Balaban J connectivity index is 2.65. The number of hydrogen-bond acceptors (Lipinski definition) is 4. The van der Waals surface area contributed by atoms with E-state index >= 15 is 0 Å². The highest BCUT2D eigenvalue weighted by Crippen LogP contribution is 2.16. The third-order valence-corrected chi connectivity index (χ3v) is 2.78. The number of likely N-dealkylation sites (N-methyl/N-ethyl adjacent to an activating group) is 1. The van der Waals surface area contributed by atoms with Gasteiger partial charge in [0.2, 0.25) is 0 Å². The number of rotatable bonds is 7. The lowest BCUT2D eigenvalue weighted by molar-refractivity contribution is 0.239. The molecule has 1 atom stereocenters. The van der Waals surface area contributed by atoms with Crippen LogP contribution in [0.2, 0.25) is 0 Å². The third-order valence-electron chi connectivity index (χ3n) is 2.78. The SMILES string of the molecule is CCc1nn(C)cc1C(CO)NCCN(C)C. The molecule has 0 aromatic carbocycles. The van der Waals surface area contributed by atoms with Gasteiger partial charge in [0.05, 0.1) is 18.3 Å². The molecular formula is C12H24N4O. The van der Waals surface area contributed by atoms with Gasteiger partial charge < -0.3 is 15.3 Å². The maximum atomic E-state index is 9.46. The Labute approximate surface area is 103 Å². The van der Waals surface area contributed by atoms with Crippen molar-refractivity contribution in [1.29, 1.82) is 0 Å². The molecule has 1 rings (SSSR count). The van der Waals surface area contributed by atoms with E-state index in [-0.39, 0.29) is 12.6 Å². The van der Waals surface area contributed by atoms with E-state index in [1.807, 2.05) is 32.0 Å². The van der Waals surface area contributed by atoms with E-state index < -0.39 is 0 Å². The fourth-order valence-corrected chi connectivity index (χ4v) is 1.85. The minimum Gasteiger partial charge on any atom is -0.394 e. The van der Waals surface area contributed by atoms with E-state index in [2.05, 4.69) is 22.2 Å². The summed E-state index contributed by atoms with van der Waals surface area (Å²) in [5.41, 5.74) is 2.17. The Morgan fingerprint density at radius 1 is 1.53 bits per heavy atom. The Bertz CT molecular complexity index is 335. The van der Waals surface area contributed by atoms with Gasteiger partial charge in [0.25, 0.3) is 0 Å². The topological polar surface area (TPSA) is 53.3 Å². The first-order chi connectivity index (χ1) is 8.08. The van der Waals surface area contributed by atoms with Crippen molar-refractivity contribution >= 4 is 0 Å². The lowest BCUT2D eigenvalue weighted by Gasteiger charge is -2.18. The molecule has 0 radical (unpaired) electrons. The molecule has 0 spiro atoms. The number of nitrogens with one attached hydrogen (secondary N) is 1.